The molecule has 1 amide bonds. The summed E-state index contributed by atoms with van der Waals surface area (Å²) in [5.74, 6) is -0.506. The summed E-state index contributed by atoms with van der Waals surface area (Å²) in [6.45, 7) is 6.15. The van der Waals surface area contributed by atoms with E-state index in [0.29, 0.717) is 18.5 Å². The Labute approximate surface area is 129 Å². The predicted molar refractivity (Wildman–Crippen MR) is 79.6 cm³/mol. The van der Waals surface area contributed by atoms with Crippen LogP contribution < -0.4 is 5.73 Å². The van der Waals surface area contributed by atoms with Gasteiger partial charge < -0.3 is 15.4 Å². The Bertz CT molecular complexity index is 557. The molecule has 1 heterocycles. The molecule has 0 radical (unpaired) electrons. The number of carbonyl (C=O) groups excluding carboxylic acids is 1. The van der Waals surface area contributed by atoms with E-state index >= 15 is 0 Å². The van der Waals surface area contributed by atoms with Crippen molar-refractivity contribution in [3.05, 3.63) is 34.1 Å². The van der Waals surface area contributed by atoms with Gasteiger partial charge in [0.2, 0.25) is 0 Å². The number of hydrogen-bond donors (Lipinski definition) is 1. The second-order valence-electron chi connectivity index (χ2n) is 6.26. The zero-order valence-electron chi connectivity index (χ0n) is 12.5. The van der Waals surface area contributed by atoms with Gasteiger partial charge in [0.1, 0.15) is 11.4 Å². The number of nitrogens with zero attached hydrogens (tertiary/aromatic N) is 1. The Hall–Kier alpha value is -1.33. The molecule has 0 bridgehead atoms. The molecule has 0 saturated carbocycles. The Kier molecular flexibility index (Phi) is 4.44. The van der Waals surface area contributed by atoms with Crippen molar-refractivity contribution in [1.29, 1.82) is 0 Å². The lowest BCUT2D eigenvalue weighted by atomic mass is 10.00. The first-order chi connectivity index (χ1) is 9.67. The summed E-state index contributed by atoms with van der Waals surface area (Å²) >= 11 is 5.81. The Balaban J connectivity index is 2.27. The molecule has 0 spiro atoms. The Morgan fingerprint density at radius 3 is 2.76 bits per heavy atom. The fourth-order valence-electron chi connectivity index (χ4n) is 2.30. The van der Waals surface area contributed by atoms with Gasteiger partial charge in [0.25, 0.3) is 0 Å². The van der Waals surface area contributed by atoms with Gasteiger partial charge in [-0.2, -0.15) is 0 Å². The number of hydrogen-bond acceptors (Lipinski definition) is 3. The van der Waals surface area contributed by atoms with Gasteiger partial charge in [0.15, 0.2) is 0 Å². The fourth-order valence-corrected chi connectivity index (χ4v) is 2.48. The molecule has 6 heteroatoms. The van der Waals surface area contributed by atoms with E-state index in [4.69, 9.17) is 22.1 Å². The average molecular weight is 315 g/mol. The van der Waals surface area contributed by atoms with Crippen molar-refractivity contribution < 1.29 is 13.9 Å². The van der Waals surface area contributed by atoms with Crippen molar-refractivity contribution in [2.45, 2.75) is 45.4 Å². The van der Waals surface area contributed by atoms with E-state index in [9.17, 15) is 9.18 Å². The van der Waals surface area contributed by atoms with Crippen molar-refractivity contribution in [2.75, 3.05) is 6.54 Å². The van der Waals surface area contributed by atoms with E-state index in [1.807, 2.05) is 20.8 Å². The molecule has 0 unspecified atom stereocenters. The molecule has 21 heavy (non-hydrogen) atoms. The van der Waals surface area contributed by atoms with Crippen LogP contribution in [-0.2, 0) is 11.3 Å². The maximum Gasteiger partial charge on any atom is 0.410 e. The third kappa shape index (κ3) is 3.86. The van der Waals surface area contributed by atoms with Crippen LogP contribution in [0.25, 0.3) is 0 Å². The molecule has 1 aromatic carbocycles. The van der Waals surface area contributed by atoms with Crippen molar-refractivity contribution in [1.82, 2.24) is 4.90 Å². The number of amides is 1. The van der Waals surface area contributed by atoms with Gasteiger partial charge in [-0.3, -0.25) is 0 Å². The normalized spacial score (nSPS) is 19.0. The van der Waals surface area contributed by atoms with Crippen LogP contribution >= 0.6 is 11.6 Å². The largest absolute Gasteiger partial charge is 0.444 e. The third-order valence-electron chi connectivity index (χ3n) is 3.30. The highest BCUT2D eigenvalue weighted by Gasteiger charge is 2.27. The highest BCUT2D eigenvalue weighted by atomic mass is 35.5. The SMILES string of the molecule is CC(C)(C)OC(=O)N1CC[C@H](N)c2cc(Cl)c(F)cc2C1. The molecule has 1 atom stereocenters. The third-order valence-corrected chi connectivity index (χ3v) is 3.59. The monoisotopic (exact) mass is 314 g/mol. The second-order valence-corrected chi connectivity index (χ2v) is 6.67. The zero-order valence-corrected chi connectivity index (χ0v) is 13.2. The zero-order chi connectivity index (χ0) is 15.8. The first-order valence-electron chi connectivity index (χ1n) is 6.88. The summed E-state index contributed by atoms with van der Waals surface area (Å²) in [4.78, 5) is 13.7. The summed E-state index contributed by atoms with van der Waals surface area (Å²) in [6.07, 6.45) is 0.159. The van der Waals surface area contributed by atoms with Crippen LogP contribution in [0.5, 0.6) is 0 Å². The summed E-state index contributed by atoms with van der Waals surface area (Å²) in [5.41, 5.74) is 6.98. The van der Waals surface area contributed by atoms with E-state index < -0.39 is 17.5 Å². The van der Waals surface area contributed by atoms with Crippen molar-refractivity contribution in [2.24, 2.45) is 5.73 Å². The van der Waals surface area contributed by atoms with Gasteiger partial charge in [0, 0.05) is 19.1 Å². The lowest BCUT2D eigenvalue weighted by Crippen LogP contribution is -2.36. The minimum Gasteiger partial charge on any atom is -0.444 e. The van der Waals surface area contributed by atoms with E-state index in [1.165, 1.54) is 6.07 Å². The van der Waals surface area contributed by atoms with E-state index in [2.05, 4.69) is 0 Å². The number of rotatable bonds is 0. The second kappa shape index (κ2) is 5.81. The molecule has 116 valence electrons. The quantitative estimate of drug-likeness (QED) is 0.795. The van der Waals surface area contributed by atoms with Crippen LogP contribution in [0.3, 0.4) is 0 Å². The molecule has 0 aromatic heterocycles. The van der Waals surface area contributed by atoms with Crippen LogP contribution in [0.1, 0.15) is 44.4 Å². The number of halogens is 2. The highest BCUT2D eigenvalue weighted by molar-refractivity contribution is 6.30. The van der Waals surface area contributed by atoms with Crippen LogP contribution in [0.4, 0.5) is 9.18 Å². The van der Waals surface area contributed by atoms with Crippen LogP contribution in [0.2, 0.25) is 5.02 Å². The molecule has 2 N–H and O–H groups in total. The first kappa shape index (κ1) is 16.0. The smallest absolute Gasteiger partial charge is 0.410 e. The summed E-state index contributed by atoms with van der Waals surface area (Å²) in [5, 5.41) is 0.0509. The Morgan fingerprint density at radius 1 is 1.48 bits per heavy atom. The number of ether oxygens (including phenoxy) is 1. The van der Waals surface area contributed by atoms with Crippen molar-refractivity contribution in [3.8, 4) is 0 Å². The van der Waals surface area contributed by atoms with Crippen molar-refractivity contribution in [3.63, 3.8) is 0 Å². The Morgan fingerprint density at radius 2 is 2.14 bits per heavy atom. The van der Waals surface area contributed by atoms with E-state index in [1.54, 1.807) is 11.0 Å². The summed E-state index contributed by atoms with van der Waals surface area (Å²) < 4.78 is 19.0. The lowest BCUT2D eigenvalue weighted by Gasteiger charge is -2.26. The maximum absolute atomic E-state index is 13.7. The molecule has 0 fully saturated rings. The van der Waals surface area contributed by atoms with Gasteiger partial charge in [-0.05, 0) is 50.5 Å². The summed E-state index contributed by atoms with van der Waals surface area (Å²) in [6, 6.07) is 2.63. The molecule has 0 aliphatic carbocycles. The lowest BCUT2D eigenvalue weighted by molar-refractivity contribution is 0.0235. The van der Waals surface area contributed by atoms with Crippen LogP contribution in [0, 0.1) is 5.82 Å². The average Bonchev–Trinajstić information content (AvgIpc) is 2.49. The van der Waals surface area contributed by atoms with E-state index in [0.717, 1.165) is 5.56 Å². The highest BCUT2D eigenvalue weighted by Crippen LogP contribution is 2.30. The molecular weight excluding hydrogens is 295 g/mol. The molecular formula is C15H20ClFN2O2. The number of nitrogens with two attached hydrogens (primary N) is 1. The van der Waals surface area contributed by atoms with Crippen LogP contribution in [-0.4, -0.2) is 23.1 Å². The first-order valence-corrected chi connectivity index (χ1v) is 7.26. The maximum atomic E-state index is 13.7. The van der Waals surface area contributed by atoms with Crippen LogP contribution in [0.15, 0.2) is 12.1 Å². The molecule has 1 aromatic rings. The minimum absolute atomic E-state index is 0.0509. The molecule has 1 aliphatic heterocycles. The minimum atomic E-state index is -0.570. The fraction of sp³-hybridized carbons (Fsp3) is 0.533. The van der Waals surface area contributed by atoms with Gasteiger partial charge >= 0.3 is 6.09 Å². The van der Waals surface area contributed by atoms with Gasteiger partial charge in [-0.15, -0.1) is 0 Å². The van der Waals surface area contributed by atoms with E-state index in [-0.39, 0.29) is 17.6 Å². The number of carbonyl (C=O) groups is 1. The molecule has 4 nitrogen and oxygen atoms in total. The number of benzene rings is 1. The standard InChI is InChI=1S/C15H20ClFN2O2/c1-15(2,3)21-14(20)19-5-4-13(18)10-7-11(16)12(17)6-9(10)8-19/h6-7,13H,4-5,8,18H2,1-3H3/t13-/m0/s1. The number of fused-ring (bicyclic) bond motifs is 1. The topological polar surface area (TPSA) is 55.6 Å². The molecule has 2 rings (SSSR count). The van der Waals surface area contributed by atoms with Gasteiger partial charge in [0.05, 0.1) is 5.02 Å². The summed E-state index contributed by atoms with van der Waals surface area (Å²) in [7, 11) is 0. The van der Waals surface area contributed by atoms with Gasteiger partial charge in [-0.25, -0.2) is 9.18 Å². The predicted octanol–water partition coefficient (Wildman–Crippen LogP) is 3.62. The van der Waals surface area contributed by atoms with Crippen molar-refractivity contribution >= 4 is 17.7 Å². The van der Waals surface area contributed by atoms with Gasteiger partial charge in [-0.1, -0.05) is 11.6 Å². The molecule has 0 saturated heterocycles. The molecule has 1 aliphatic rings.